The lowest BCUT2D eigenvalue weighted by Crippen LogP contribution is -2.39. The van der Waals surface area contributed by atoms with Crippen molar-refractivity contribution in [1.82, 2.24) is 5.32 Å². The maximum atomic E-state index is 11.8. The van der Waals surface area contributed by atoms with Gasteiger partial charge in [0.15, 0.2) is 5.11 Å². The second-order valence-electron chi connectivity index (χ2n) is 7.37. The van der Waals surface area contributed by atoms with Crippen molar-refractivity contribution in [1.29, 1.82) is 0 Å². The lowest BCUT2D eigenvalue weighted by molar-refractivity contribution is 0.0526. The molecule has 6 heteroatoms. The van der Waals surface area contributed by atoms with Crippen molar-refractivity contribution in [2.75, 3.05) is 11.9 Å². The Morgan fingerprint density at radius 3 is 2.50 bits per heavy atom. The molecule has 0 aromatic heterocycles. The molecule has 0 saturated carbocycles. The van der Waals surface area contributed by atoms with Gasteiger partial charge in [-0.3, -0.25) is 0 Å². The zero-order valence-electron chi connectivity index (χ0n) is 16.7. The first kappa shape index (κ1) is 22.2. The number of carbonyl (C=O) groups excluding carboxylic acids is 1. The summed E-state index contributed by atoms with van der Waals surface area (Å²) in [5, 5.41) is 7.27. The van der Waals surface area contributed by atoms with Crippen molar-refractivity contribution >= 4 is 40.6 Å². The van der Waals surface area contributed by atoms with Gasteiger partial charge in [-0.15, -0.1) is 0 Å². The van der Waals surface area contributed by atoms with Crippen molar-refractivity contribution in [3.63, 3.8) is 0 Å². The number of carbonyl (C=O) groups is 1. The molecule has 0 unspecified atom stereocenters. The Morgan fingerprint density at radius 2 is 1.89 bits per heavy atom. The molecule has 2 aromatic carbocycles. The van der Waals surface area contributed by atoms with E-state index in [0.29, 0.717) is 28.0 Å². The van der Waals surface area contributed by atoms with Crippen molar-refractivity contribution in [3.05, 3.63) is 64.7 Å². The summed E-state index contributed by atoms with van der Waals surface area (Å²) in [6, 6.07) is 15.7. The monoisotopic (exact) mass is 418 g/mol. The maximum absolute atomic E-state index is 11.8. The van der Waals surface area contributed by atoms with Gasteiger partial charge in [-0.2, -0.15) is 0 Å². The van der Waals surface area contributed by atoms with Crippen molar-refractivity contribution < 1.29 is 9.53 Å². The maximum Gasteiger partial charge on any atom is 0.339 e. The zero-order chi connectivity index (χ0) is 20.7. The predicted octanol–water partition coefficient (Wildman–Crippen LogP) is 5.56. The van der Waals surface area contributed by atoms with Crippen LogP contribution in [0.25, 0.3) is 0 Å². The van der Waals surface area contributed by atoms with Crippen LogP contribution in [-0.2, 0) is 10.2 Å². The minimum Gasteiger partial charge on any atom is -0.462 e. The van der Waals surface area contributed by atoms with E-state index >= 15 is 0 Å². The largest absolute Gasteiger partial charge is 0.462 e. The lowest BCUT2D eigenvalue weighted by Gasteiger charge is -2.29. The summed E-state index contributed by atoms with van der Waals surface area (Å²) in [5.41, 5.74) is 2.37. The van der Waals surface area contributed by atoms with Crippen LogP contribution < -0.4 is 10.6 Å². The number of thiocarbonyl (C=S) groups is 1. The highest BCUT2D eigenvalue weighted by molar-refractivity contribution is 7.80. The first-order valence-electron chi connectivity index (χ1n) is 9.32. The van der Waals surface area contributed by atoms with Crippen molar-refractivity contribution in [2.45, 2.75) is 45.6 Å². The van der Waals surface area contributed by atoms with E-state index in [0.717, 1.165) is 6.42 Å². The Bertz CT molecular complexity index is 825. The predicted molar refractivity (Wildman–Crippen MR) is 120 cm³/mol. The molecule has 0 aliphatic heterocycles. The van der Waals surface area contributed by atoms with E-state index in [1.165, 1.54) is 5.56 Å². The van der Waals surface area contributed by atoms with E-state index in [1.54, 1.807) is 25.1 Å². The van der Waals surface area contributed by atoms with Crippen LogP contribution in [0.4, 0.5) is 5.69 Å². The third-order valence-electron chi connectivity index (χ3n) is 4.47. The standard InChI is InChI=1S/C22H27ClN2O2S/c1-5-27-20(26)18-12-11-17(13-19(18)23)25-21(28)24-15(2)14-22(3,4)16-9-7-6-8-10-16/h6-13,15H,5,14H2,1-4H3,(H2,24,25,28)/t15-/m1/s1. The topological polar surface area (TPSA) is 50.4 Å². The number of hydrogen-bond donors (Lipinski definition) is 2. The molecule has 0 radical (unpaired) electrons. The normalized spacial score (nSPS) is 12.2. The molecule has 150 valence electrons. The molecule has 0 spiro atoms. The van der Waals surface area contributed by atoms with E-state index < -0.39 is 5.97 Å². The van der Waals surface area contributed by atoms with E-state index in [9.17, 15) is 4.79 Å². The minimum absolute atomic E-state index is 0.0217. The van der Waals surface area contributed by atoms with Crippen LogP contribution in [0.2, 0.25) is 5.02 Å². The van der Waals surface area contributed by atoms with Crippen LogP contribution in [0.3, 0.4) is 0 Å². The molecule has 2 aromatic rings. The average molecular weight is 419 g/mol. The fourth-order valence-electron chi connectivity index (χ4n) is 3.18. The molecule has 2 N–H and O–H groups in total. The number of ether oxygens (including phenoxy) is 1. The molecule has 0 saturated heterocycles. The van der Waals surface area contributed by atoms with Crippen molar-refractivity contribution in [3.8, 4) is 0 Å². The van der Waals surface area contributed by atoms with E-state index in [2.05, 4.69) is 55.7 Å². The molecule has 0 bridgehead atoms. The van der Waals surface area contributed by atoms with Gasteiger partial charge in [0.2, 0.25) is 0 Å². The molecular formula is C22H27ClN2O2S. The number of esters is 1. The zero-order valence-corrected chi connectivity index (χ0v) is 18.3. The van der Waals surface area contributed by atoms with Crippen LogP contribution in [0.15, 0.2) is 48.5 Å². The average Bonchev–Trinajstić information content (AvgIpc) is 2.62. The van der Waals surface area contributed by atoms with Crippen LogP contribution in [-0.4, -0.2) is 23.7 Å². The number of rotatable bonds is 7. The van der Waals surface area contributed by atoms with Gasteiger partial charge in [0.25, 0.3) is 0 Å². The number of halogens is 1. The van der Waals surface area contributed by atoms with Gasteiger partial charge >= 0.3 is 5.97 Å². The summed E-state index contributed by atoms with van der Waals surface area (Å²) in [6.07, 6.45) is 0.918. The summed E-state index contributed by atoms with van der Waals surface area (Å²) in [6.45, 7) is 8.62. The number of hydrogen-bond acceptors (Lipinski definition) is 3. The van der Waals surface area contributed by atoms with Crippen LogP contribution in [0.1, 0.15) is 50.0 Å². The van der Waals surface area contributed by atoms with E-state index in [-0.39, 0.29) is 11.5 Å². The molecule has 0 aliphatic carbocycles. The van der Waals surface area contributed by atoms with Crippen LogP contribution >= 0.6 is 23.8 Å². The molecule has 1 atom stereocenters. The summed E-state index contributed by atoms with van der Waals surface area (Å²) >= 11 is 11.6. The molecule has 2 rings (SSSR count). The SMILES string of the molecule is CCOC(=O)c1ccc(NC(=S)N[C@H](C)CC(C)(C)c2ccccc2)cc1Cl. The quantitative estimate of drug-likeness (QED) is 0.455. The van der Waals surface area contributed by atoms with Gasteiger partial charge < -0.3 is 15.4 Å². The number of benzene rings is 2. The molecule has 0 heterocycles. The Kier molecular flexibility index (Phi) is 7.84. The summed E-state index contributed by atoms with van der Waals surface area (Å²) in [7, 11) is 0. The molecule has 0 aliphatic rings. The van der Waals surface area contributed by atoms with E-state index in [4.69, 9.17) is 28.6 Å². The second kappa shape index (κ2) is 9.89. The lowest BCUT2D eigenvalue weighted by atomic mass is 9.79. The highest BCUT2D eigenvalue weighted by Crippen LogP contribution is 2.28. The third kappa shape index (κ3) is 6.21. The molecule has 0 amide bonds. The Balaban J connectivity index is 1.94. The Labute approximate surface area is 177 Å². The van der Waals surface area contributed by atoms with E-state index in [1.807, 2.05) is 6.07 Å². The first-order chi connectivity index (χ1) is 13.2. The highest BCUT2D eigenvalue weighted by Gasteiger charge is 2.23. The first-order valence-corrected chi connectivity index (χ1v) is 10.1. The van der Waals surface area contributed by atoms with Gasteiger partial charge in [0.05, 0.1) is 17.2 Å². The summed E-state index contributed by atoms with van der Waals surface area (Å²) in [5.74, 6) is -0.434. The Morgan fingerprint density at radius 1 is 1.21 bits per heavy atom. The minimum atomic E-state index is -0.434. The summed E-state index contributed by atoms with van der Waals surface area (Å²) < 4.78 is 4.98. The summed E-state index contributed by atoms with van der Waals surface area (Å²) in [4.78, 5) is 11.8. The van der Waals surface area contributed by atoms with Crippen LogP contribution in [0.5, 0.6) is 0 Å². The molecule has 0 fully saturated rings. The molecular weight excluding hydrogens is 392 g/mol. The second-order valence-corrected chi connectivity index (χ2v) is 8.18. The Hall–Kier alpha value is -2.11. The van der Waals surface area contributed by atoms with Gasteiger partial charge in [-0.05, 0) is 61.7 Å². The smallest absolute Gasteiger partial charge is 0.339 e. The van der Waals surface area contributed by atoms with Gasteiger partial charge in [0, 0.05) is 11.7 Å². The highest BCUT2D eigenvalue weighted by atomic mass is 35.5. The molecule has 4 nitrogen and oxygen atoms in total. The number of nitrogens with one attached hydrogen (secondary N) is 2. The van der Waals surface area contributed by atoms with Crippen molar-refractivity contribution in [2.24, 2.45) is 0 Å². The third-order valence-corrected chi connectivity index (χ3v) is 5.00. The van der Waals surface area contributed by atoms with Gasteiger partial charge in [0.1, 0.15) is 0 Å². The number of anilines is 1. The molecule has 28 heavy (non-hydrogen) atoms. The van der Waals surface area contributed by atoms with Gasteiger partial charge in [-0.1, -0.05) is 55.8 Å². The fourth-order valence-corrected chi connectivity index (χ4v) is 3.76. The fraction of sp³-hybridized carbons (Fsp3) is 0.364. The van der Waals surface area contributed by atoms with Gasteiger partial charge in [-0.25, -0.2) is 4.79 Å². The van der Waals surface area contributed by atoms with Crippen LogP contribution in [0, 0.1) is 0 Å².